The summed E-state index contributed by atoms with van der Waals surface area (Å²) >= 11 is 0. The van der Waals surface area contributed by atoms with Gasteiger partial charge in [0, 0.05) is 44.1 Å². The van der Waals surface area contributed by atoms with Gasteiger partial charge < -0.3 is 14.5 Å². The summed E-state index contributed by atoms with van der Waals surface area (Å²) < 4.78 is 5.39. The number of nitrogens with zero attached hydrogens (tertiary/aromatic N) is 3. The SMILES string of the molecule is CN(C(=O)c1ccncc1)C1CCN(C(=O)OC(C)(C)C)CC1. The molecule has 1 saturated heterocycles. The Balaban J connectivity index is 1.89. The second-order valence-corrected chi connectivity index (χ2v) is 6.85. The molecule has 0 N–H and O–H groups in total. The third-order valence-corrected chi connectivity index (χ3v) is 3.91. The van der Waals surface area contributed by atoms with Crippen LogP contribution in [0.5, 0.6) is 0 Å². The van der Waals surface area contributed by atoms with Crippen LogP contribution in [-0.4, -0.2) is 58.6 Å². The van der Waals surface area contributed by atoms with Crippen molar-refractivity contribution in [2.45, 2.75) is 45.3 Å². The Morgan fingerprint density at radius 2 is 1.78 bits per heavy atom. The summed E-state index contributed by atoms with van der Waals surface area (Å²) in [6, 6.07) is 3.57. The molecule has 0 aliphatic carbocycles. The van der Waals surface area contributed by atoms with Gasteiger partial charge in [0.15, 0.2) is 0 Å². The highest BCUT2D eigenvalue weighted by Crippen LogP contribution is 2.19. The first-order valence-electron chi connectivity index (χ1n) is 7.93. The molecule has 1 fully saturated rings. The zero-order valence-corrected chi connectivity index (χ0v) is 14.3. The lowest BCUT2D eigenvalue weighted by Gasteiger charge is -2.37. The van der Waals surface area contributed by atoms with Gasteiger partial charge in [-0.05, 0) is 45.7 Å². The second-order valence-electron chi connectivity index (χ2n) is 6.85. The summed E-state index contributed by atoms with van der Waals surface area (Å²) in [6.45, 7) is 6.79. The van der Waals surface area contributed by atoms with E-state index < -0.39 is 5.60 Å². The maximum absolute atomic E-state index is 12.4. The lowest BCUT2D eigenvalue weighted by atomic mass is 10.0. The number of rotatable bonds is 2. The highest BCUT2D eigenvalue weighted by atomic mass is 16.6. The van der Waals surface area contributed by atoms with Crippen LogP contribution in [0.2, 0.25) is 0 Å². The van der Waals surface area contributed by atoms with Gasteiger partial charge in [0.1, 0.15) is 5.60 Å². The number of hydrogen-bond acceptors (Lipinski definition) is 4. The molecule has 126 valence electrons. The van der Waals surface area contributed by atoms with Crippen molar-refractivity contribution in [2.75, 3.05) is 20.1 Å². The summed E-state index contributed by atoms with van der Waals surface area (Å²) in [4.78, 5) is 31.9. The van der Waals surface area contributed by atoms with Crippen LogP contribution in [0, 0.1) is 0 Å². The van der Waals surface area contributed by atoms with Gasteiger partial charge in [-0.2, -0.15) is 0 Å². The molecular weight excluding hydrogens is 294 g/mol. The summed E-state index contributed by atoms with van der Waals surface area (Å²) in [5.41, 5.74) is 0.152. The third-order valence-electron chi connectivity index (χ3n) is 3.91. The summed E-state index contributed by atoms with van der Waals surface area (Å²) in [6.07, 6.45) is 4.47. The van der Waals surface area contributed by atoms with E-state index in [0.717, 1.165) is 12.8 Å². The molecule has 0 atom stereocenters. The van der Waals surface area contributed by atoms with Gasteiger partial charge in [0.25, 0.3) is 5.91 Å². The standard InChI is InChI=1S/C17H25N3O3/c1-17(2,3)23-16(22)20-11-7-14(8-12-20)19(4)15(21)13-5-9-18-10-6-13/h5-6,9-10,14H,7-8,11-12H2,1-4H3. The van der Waals surface area contributed by atoms with E-state index >= 15 is 0 Å². The fraction of sp³-hybridized carbons (Fsp3) is 0.588. The molecule has 2 amide bonds. The monoisotopic (exact) mass is 319 g/mol. The van der Waals surface area contributed by atoms with Crippen molar-refractivity contribution in [1.82, 2.24) is 14.8 Å². The predicted octanol–water partition coefficient (Wildman–Crippen LogP) is 2.55. The van der Waals surface area contributed by atoms with Crippen LogP contribution < -0.4 is 0 Å². The number of likely N-dealkylation sites (tertiary alicyclic amines) is 1. The fourth-order valence-electron chi connectivity index (χ4n) is 2.63. The van der Waals surface area contributed by atoms with E-state index in [4.69, 9.17) is 4.74 Å². The number of carbonyl (C=O) groups excluding carboxylic acids is 2. The van der Waals surface area contributed by atoms with Gasteiger partial charge in [-0.15, -0.1) is 0 Å². The first-order chi connectivity index (χ1) is 10.8. The first kappa shape index (κ1) is 17.2. The minimum atomic E-state index is -0.484. The Labute approximate surface area is 137 Å². The van der Waals surface area contributed by atoms with Crippen molar-refractivity contribution in [3.05, 3.63) is 30.1 Å². The van der Waals surface area contributed by atoms with E-state index in [0.29, 0.717) is 18.7 Å². The molecule has 6 nitrogen and oxygen atoms in total. The zero-order chi connectivity index (χ0) is 17.0. The molecule has 2 heterocycles. The van der Waals surface area contributed by atoms with Crippen LogP contribution in [-0.2, 0) is 4.74 Å². The lowest BCUT2D eigenvalue weighted by molar-refractivity contribution is 0.0160. The van der Waals surface area contributed by atoms with Crippen LogP contribution in [0.1, 0.15) is 44.0 Å². The smallest absolute Gasteiger partial charge is 0.410 e. The zero-order valence-electron chi connectivity index (χ0n) is 14.3. The Morgan fingerprint density at radius 1 is 1.22 bits per heavy atom. The van der Waals surface area contributed by atoms with E-state index in [1.807, 2.05) is 27.8 Å². The first-order valence-corrected chi connectivity index (χ1v) is 7.93. The molecule has 2 rings (SSSR count). The van der Waals surface area contributed by atoms with E-state index in [-0.39, 0.29) is 18.0 Å². The molecule has 0 radical (unpaired) electrons. The van der Waals surface area contributed by atoms with Crippen molar-refractivity contribution in [3.63, 3.8) is 0 Å². The highest BCUT2D eigenvalue weighted by Gasteiger charge is 2.30. The van der Waals surface area contributed by atoms with Gasteiger partial charge in [-0.3, -0.25) is 9.78 Å². The van der Waals surface area contributed by atoms with Crippen molar-refractivity contribution >= 4 is 12.0 Å². The van der Waals surface area contributed by atoms with E-state index in [2.05, 4.69) is 4.98 Å². The molecule has 0 spiro atoms. The number of aromatic nitrogens is 1. The van der Waals surface area contributed by atoms with Gasteiger partial charge in [0.2, 0.25) is 0 Å². The minimum absolute atomic E-state index is 0.0110. The average Bonchev–Trinajstić information content (AvgIpc) is 2.53. The number of ether oxygens (including phenoxy) is 1. The molecular formula is C17H25N3O3. The summed E-state index contributed by atoms with van der Waals surface area (Å²) in [5.74, 6) is -0.0110. The van der Waals surface area contributed by atoms with Crippen LogP contribution in [0.3, 0.4) is 0 Å². The fourth-order valence-corrected chi connectivity index (χ4v) is 2.63. The van der Waals surface area contributed by atoms with E-state index in [1.54, 1.807) is 34.3 Å². The molecule has 0 saturated carbocycles. The van der Waals surface area contributed by atoms with Crippen molar-refractivity contribution in [3.8, 4) is 0 Å². The maximum atomic E-state index is 12.4. The van der Waals surface area contributed by atoms with Crippen LogP contribution in [0.25, 0.3) is 0 Å². The summed E-state index contributed by atoms with van der Waals surface area (Å²) in [7, 11) is 1.82. The average molecular weight is 319 g/mol. The van der Waals surface area contributed by atoms with Crippen molar-refractivity contribution in [1.29, 1.82) is 0 Å². The Morgan fingerprint density at radius 3 is 2.30 bits per heavy atom. The van der Waals surface area contributed by atoms with E-state index in [1.165, 1.54) is 0 Å². The maximum Gasteiger partial charge on any atom is 0.410 e. The second kappa shape index (κ2) is 6.98. The summed E-state index contributed by atoms with van der Waals surface area (Å²) in [5, 5.41) is 0. The quantitative estimate of drug-likeness (QED) is 0.840. The van der Waals surface area contributed by atoms with E-state index in [9.17, 15) is 9.59 Å². The molecule has 0 unspecified atom stereocenters. The predicted molar refractivity (Wildman–Crippen MR) is 87.2 cm³/mol. The molecule has 1 aliphatic heterocycles. The number of piperidine rings is 1. The third kappa shape index (κ3) is 4.68. The van der Waals surface area contributed by atoms with Crippen LogP contribution in [0.4, 0.5) is 4.79 Å². The van der Waals surface area contributed by atoms with Crippen LogP contribution in [0.15, 0.2) is 24.5 Å². The number of hydrogen-bond donors (Lipinski definition) is 0. The molecule has 0 aromatic carbocycles. The Bertz CT molecular complexity index is 546. The minimum Gasteiger partial charge on any atom is -0.444 e. The van der Waals surface area contributed by atoms with Crippen molar-refractivity contribution < 1.29 is 14.3 Å². The van der Waals surface area contributed by atoms with Crippen molar-refractivity contribution in [2.24, 2.45) is 0 Å². The number of carbonyl (C=O) groups is 2. The lowest BCUT2D eigenvalue weighted by Crippen LogP contribution is -2.48. The molecule has 0 bridgehead atoms. The molecule has 6 heteroatoms. The Kier molecular flexibility index (Phi) is 5.23. The van der Waals surface area contributed by atoms with Crippen LogP contribution >= 0.6 is 0 Å². The molecule has 1 aliphatic rings. The van der Waals surface area contributed by atoms with Gasteiger partial charge in [0.05, 0.1) is 0 Å². The van der Waals surface area contributed by atoms with Gasteiger partial charge >= 0.3 is 6.09 Å². The highest BCUT2D eigenvalue weighted by molar-refractivity contribution is 5.94. The number of pyridine rings is 1. The topological polar surface area (TPSA) is 62.7 Å². The normalized spacial score (nSPS) is 16.1. The van der Waals surface area contributed by atoms with Gasteiger partial charge in [-0.25, -0.2) is 4.79 Å². The largest absolute Gasteiger partial charge is 0.444 e. The molecule has 23 heavy (non-hydrogen) atoms. The molecule has 1 aromatic rings. The van der Waals surface area contributed by atoms with Gasteiger partial charge in [-0.1, -0.05) is 0 Å². The molecule has 1 aromatic heterocycles. The Hall–Kier alpha value is -2.11. The number of amides is 2.